The number of anilines is 2. The molecule has 7 nitrogen and oxygen atoms in total. The van der Waals surface area contributed by atoms with E-state index in [0.717, 1.165) is 17.0 Å². The van der Waals surface area contributed by atoms with Crippen molar-refractivity contribution in [3.63, 3.8) is 0 Å². The minimum absolute atomic E-state index is 0.428. The van der Waals surface area contributed by atoms with Crippen LogP contribution in [0.3, 0.4) is 0 Å². The van der Waals surface area contributed by atoms with Crippen molar-refractivity contribution in [2.45, 2.75) is 13.5 Å². The average Bonchev–Trinajstić information content (AvgIpc) is 3.16. The SMILES string of the molecule is CC1=CC(Nc2nc(/C=C/c3cccc(Cl)c3)nc(NCc3ccncc3)n2)=NC1. The molecule has 0 radical (unpaired) electrons. The molecule has 1 aliphatic heterocycles. The first-order chi connectivity index (χ1) is 14.6. The maximum absolute atomic E-state index is 6.07. The molecule has 30 heavy (non-hydrogen) atoms. The van der Waals surface area contributed by atoms with E-state index in [4.69, 9.17) is 11.6 Å². The highest BCUT2D eigenvalue weighted by atomic mass is 35.5. The van der Waals surface area contributed by atoms with E-state index in [1.165, 1.54) is 5.57 Å². The quantitative estimate of drug-likeness (QED) is 0.615. The fourth-order valence-electron chi connectivity index (χ4n) is 2.79. The normalized spacial score (nSPS) is 13.3. The van der Waals surface area contributed by atoms with Crippen LogP contribution in [0.15, 0.2) is 65.4 Å². The summed E-state index contributed by atoms with van der Waals surface area (Å²) in [5, 5.41) is 7.08. The Balaban J connectivity index is 1.58. The Morgan fingerprint density at radius 3 is 2.63 bits per heavy atom. The third-order valence-corrected chi connectivity index (χ3v) is 4.48. The number of rotatable bonds is 6. The lowest BCUT2D eigenvalue weighted by Crippen LogP contribution is -2.14. The minimum atomic E-state index is 0.428. The van der Waals surface area contributed by atoms with Gasteiger partial charge in [-0.15, -0.1) is 0 Å². The van der Waals surface area contributed by atoms with Crippen LogP contribution >= 0.6 is 11.6 Å². The maximum atomic E-state index is 6.07. The van der Waals surface area contributed by atoms with Crippen molar-refractivity contribution in [2.75, 3.05) is 17.2 Å². The van der Waals surface area contributed by atoms with Gasteiger partial charge in [0.15, 0.2) is 5.82 Å². The third kappa shape index (κ3) is 5.48. The number of nitrogens with zero attached hydrogens (tertiary/aromatic N) is 5. The van der Waals surface area contributed by atoms with Crippen LogP contribution in [0, 0.1) is 0 Å². The summed E-state index contributed by atoms with van der Waals surface area (Å²) in [6, 6.07) is 11.5. The fraction of sp³-hybridized carbons (Fsp3) is 0.136. The lowest BCUT2D eigenvalue weighted by Gasteiger charge is -2.09. The van der Waals surface area contributed by atoms with Gasteiger partial charge in [-0.2, -0.15) is 15.0 Å². The van der Waals surface area contributed by atoms with Gasteiger partial charge in [0.05, 0.1) is 6.54 Å². The van der Waals surface area contributed by atoms with E-state index in [9.17, 15) is 0 Å². The fourth-order valence-corrected chi connectivity index (χ4v) is 2.99. The third-order valence-electron chi connectivity index (χ3n) is 4.25. The van der Waals surface area contributed by atoms with Crippen LogP contribution in [0.25, 0.3) is 12.2 Å². The van der Waals surface area contributed by atoms with Gasteiger partial charge in [-0.1, -0.05) is 29.8 Å². The van der Waals surface area contributed by atoms with Crippen LogP contribution < -0.4 is 10.6 Å². The molecule has 1 aliphatic rings. The first-order valence-electron chi connectivity index (χ1n) is 9.45. The molecule has 0 atom stereocenters. The molecule has 0 fully saturated rings. The standard InChI is InChI=1S/C22H20ClN7/c1-15-11-20(25-13-15)29-22-28-19(6-5-16-3-2-4-18(23)12-16)27-21(30-22)26-14-17-7-9-24-10-8-17/h2-12H,13-14H2,1H3,(H2,25,26,27,28,29,30)/b6-5+. The van der Waals surface area contributed by atoms with Crippen LogP contribution in [0.4, 0.5) is 11.9 Å². The monoisotopic (exact) mass is 417 g/mol. The Hall–Kier alpha value is -3.58. The van der Waals surface area contributed by atoms with Crippen molar-refractivity contribution in [2.24, 2.45) is 4.99 Å². The van der Waals surface area contributed by atoms with Crippen LogP contribution in [0.5, 0.6) is 0 Å². The molecule has 4 rings (SSSR count). The van der Waals surface area contributed by atoms with Crippen molar-refractivity contribution < 1.29 is 0 Å². The van der Waals surface area contributed by atoms with Crippen molar-refractivity contribution in [3.8, 4) is 0 Å². The predicted molar refractivity (Wildman–Crippen MR) is 121 cm³/mol. The number of benzene rings is 1. The number of aliphatic imine (C=N–C) groups is 1. The highest BCUT2D eigenvalue weighted by molar-refractivity contribution is 6.30. The zero-order valence-corrected chi connectivity index (χ0v) is 17.1. The predicted octanol–water partition coefficient (Wildman–Crippen LogP) is 4.47. The van der Waals surface area contributed by atoms with Crippen molar-refractivity contribution in [3.05, 3.63) is 82.4 Å². The van der Waals surface area contributed by atoms with Crippen LogP contribution in [0.2, 0.25) is 5.02 Å². The molecular weight excluding hydrogens is 398 g/mol. The molecule has 3 heterocycles. The molecule has 1 aromatic carbocycles. The summed E-state index contributed by atoms with van der Waals surface area (Å²) in [5.41, 5.74) is 3.22. The average molecular weight is 418 g/mol. The van der Waals surface area contributed by atoms with E-state index in [0.29, 0.717) is 35.8 Å². The largest absolute Gasteiger partial charge is 0.350 e. The Morgan fingerprint density at radius 2 is 1.87 bits per heavy atom. The van der Waals surface area contributed by atoms with Crippen molar-refractivity contribution in [1.29, 1.82) is 0 Å². The van der Waals surface area contributed by atoms with Gasteiger partial charge in [0.2, 0.25) is 11.9 Å². The van der Waals surface area contributed by atoms with Crippen LogP contribution in [0.1, 0.15) is 23.9 Å². The molecule has 8 heteroatoms. The molecule has 2 N–H and O–H groups in total. The van der Waals surface area contributed by atoms with E-state index < -0.39 is 0 Å². The van der Waals surface area contributed by atoms with Gasteiger partial charge >= 0.3 is 0 Å². The van der Waals surface area contributed by atoms with E-state index in [2.05, 4.69) is 35.6 Å². The molecule has 3 aromatic rings. The first kappa shape index (κ1) is 19.7. The Morgan fingerprint density at radius 1 is 1.03 bits per heavy atom. The van der Waals surface area contributed by atoms with E-state index in [1.807, 2.05) is 61.5 Å². The Labute approximate surface area is 179 Å². The summed E-state index contributed by atoms with van der Waals surface area (Å²) in [7, 11) is 0. The number of aromatic nitrogens is 4. The number of hydrogen-bond donors (Lipinski definition) is 2. The van der Waals surface area contributed by atoms with Crippen LogP contribution in [-0.4, -0.2) is 32.3 Å². The van der Waals surface area contributed by atoms with Gasteiger partial charge < -0.3 is 10.6 Å². The van der Waals surface area contributed by atoms with Gasteiger partial charge in [-0.05, 0) is 60.0 Å². The maximum Gasteiger partial charge on any atom is 0.233 e. The number of pyridine rings is 1. The summed E-state index contributed by atoms with van der Waals surface area (Å²) in [5.74, 6) is 2.15. The summed E-state index contributed by atoms with van der Waals surface area (Å²) in [4.78, 5) is 21.9. The smallest absolute Gasteiger partial charge is 0.233 e. The van der Waals surface area contributed by atoms with Gasteiger partial charge in [0, 0.05) is 24.0 Å². The molecular formula is C22H20ClN7. The highest BCUT2D eigenvalue weighted by Crippen LogP contribution is 2.15. The minimum Gasteiger partial charge on any atom is -0.350 e. The van der Waals surface area contributed by atoms with Crippen molar-refractivity contribution in [1.82, 2.24) is 19.9 Å². The second kappa shape index (κ2) is 9.28. The van der Waals surface area contributed by atoms with Crippen LogP contribution in [-0.2, 0) is 6.54 Å². The number of nitrogens with one attached hydrogen (secondary N) is 2. The Bertz CT molecular complexity index is 1120. The van der Waals surface area contributed by atoms with Gasteiger partial charge in [-0.3, -0.25) is 9.98 Å². The molecule has 0 amide bonds. The molecule has 0 saturated carbocycles. The number of hydrogen-bond acceptors (Lipinski definition) is 7. The lowest BCUT2D eigenvalue weighted by atomic mass is 10.2. The molecule has 0 aliphatic carbocycles. The lowest BCUT2D eigenvalue weighted by molar-refractivity contribution is 0.994. The second-order valence-corrected chi connectivity index (χ2v) is 7.19. The highest BCUT2D eigenvalue weighted by Gasteiger charge is 2.09. The van der Waals surface area contributed by atoms with Gasteiger partial charge in [-0.25, -0.2) is 0 Å². The van der Waals surface area contributed by atoms with E-state index in [-0.39, 0.29) is 0 Å². The molecule has 2 aromatic heterocycles. The second-order valence-electron chi connectivity index (χ2n) is 6.76. The molecule has 0 saturated heterocycles. The molecule has 150 valence electrons. The summed E-state index contributed by atoms with van der Waals surface area (Å²) >= 11 is 6.07. The van der Waals surface area contributed by atoms with Gasteiger partial charge in [0.25, 0.3) is 0 Å². The number of halogens is 1. The first-order valence-corrected chi connectivity index (χ1v) is 9.83. The molecule has 0 spiro atoms. The topological polar surface area (TPSA) is 88.0 Å². The zero-order valence-electron chi connectivity index (χ0n) is 16.4. The van der Waals surface area contributed by atoms with Crippen molar-refractivity contribution >= 4 is 41.5 Å². The van der Waals surface area contributed by atoms with E-state index >= 15 is 0 Å². The summed E-state index contributed by atoms with van der Waals surface area (Å²) in [6.45, 7) is 3.29. The van der Waals surface area contributed by atoms with Gasteiger partial charge in [0.1, 0.15) is 5.84 Å². The molecule has 0 bridgehead atoms. The summed E-state index contributed by atoms with van der Waals surface area (Å²) in [6.07, 6.45) is 9.23. The van der Waals surface area contributed by atoms with E-state index in [1.54, 1.807) is 12.4 Å². The Kier molecular flexibility index (Phi) is 6.10. The number of amidine groups is 1. The summed E-state index contributed by atoms with van der Waals surface area (Å²) < 4.78 is 0. The molecule has 0 unspecified atom stereocenters. The zero-order chi connectivity index (χ0) is 20.8.